The van der Waals surface area contributed by atoms with Gasteiger partial charge in [-0.2, -0.15) is 5.10 Å². The average molecular weight is 322 g/mol. The largest absolute Gasteiger partial charge is 0.352 e. The molecule has 0 aromatic carbocycles. The zero-order valence-electron chi connectivity index (χ0n) is 12.5. The van der Waals surface area contributed by atoms with Gasteiger partial charge in [0.05, 0.1) is 17.7 Å². The van der Waals surface area contributed by atoms with E-state index in [1.165, 1.54) is 6.20 Å². The molecule has 0 saturated carbocycles. The molecule has 3 heterocycles. The first-order valence-electron chi connectivity index (χ1n) is 7.16. The number of hydrogen-bond acceptors (Lipinski definition) is 5. The number of sulfone groups is 1. The number of amides is 1. The second-order valence-electron chi connectivity index (χ2n) is 5.81. The predicted octanol–water partition coefficient (Wildman–Crippen LogP) is 0.511. The zero-order valence-corrected chi connectivity index (χ0v) is 13.4. The van der Waals surface area contributed by atoms with Gasteiger partial charge in [-0.3, -0.25) is 4.79 Å². The first-order valence-corrected chi connectivity index (χ1v) is 8.98. The molecule has 1 aliphatic heterocycles. The number of carbonyl (C=O) groups excluding carboxylic acids is 1. The lowest BCUT2D eigenvalue weighted by Crippen LogP contribution is -2.29. The number of carbonyl (C=O) groups is 1. The maximum atomic E-state index is 12.3. The van der Waals surface area contributed by atoms with Gasteiger partial charge >= 0.3 is 0 Å². The second kappa shape index (κ2) is 5.35. The number of aryl methyl sites for hydroxylation is 2. The van der Waals surface area contributed by atoms with Crippen molar-refractivity contribution < 1.29 is 13.2 Å². The Kier molecular flexibility index (Phi) is 3.64. The molecule has 3 rings (SSSR count). The summed E-state index contributed by atoms with van der Waals surface area (Å²) < 4.78 is 24.5. The van der Waals surface area contributed by atoms with Crippen molar-refractivity contribution in [1.29, 1.82) is 0 Å². The lowest BCUT2D eigenvalue weighted by atomic mass is 10.1. The van der Waals surface area contributed by atoms with Gasteiger partial charge in [0.25, 0.3) is 5.91 Å². The van der Waals surface area contributed by atoms with Crippen LogP contribution in [0.5, 0.6) is 0 Å². The molecule has 1 fully saturated rings. The molecule has 0 spiro atoms. The van der Waals surface area contributed by atoms with E-state index in [4.69, 9.17) is 0 Å². The van der Waals surface area contributed by atoms with Gasteiger partial charge in [0.15, 0.2) is 15.5 Å². The predicted molar refractivity (Wildman–Crippen MR) is 81.6 cm³/mol. The third kappa shape index (κ3) is 2.83. The van der Waals surface area contributed by atoms with Crippen LogP contribution in [-0.2, 0) is 9.84 Å². The summed E-state index contributed by atoms with van der Waals surface area (Å²) in [5.41, 5.74) is 2.66. The van der Waals surface area contributed by atoms with Crippen molar-refractivity contribution in [2.75, 3.05) is 18.1 Å². The van der Waals surface area contributed by atoms with E-state index in [-0.39, 0.29) is 23.3 Å². The summed E-state index contributed by atoms with van der Waals surface area (Å²) in [6.07, 6.45) is 2.10. The molecule has 22 heavy (non-hydrogen) atoms. The van der Waals surface area contributed by atoms with E-state index in [0.717, 1.165) is 11.4 Å². The number of nitrogens with zero attached hydrogens (tertiary/aromatic N) is 3. The molecule has 1 N–H and O–H groups in total. The van der Waals surface area contributed by atoms with E-state index in [0.29, 0.717) is 24.2 Å². The Morgan fingerprint density at radius 3 is 2.91 bits per heavy atom. The first-order chi connectivity index (χ1) is 10.4. The van der Waals surface area contributed by atoms with E-state index in [9.17, 15) is 13.2 Å². The maximum absolute atomic E-state index is 12.3. The van der Waals surface area contributed by atoms with Gasteiger partial charge in [0, 0.05) is 17.9 Å². The molecular formula is C14H18N4O3S. The Hall–Kier alpha value is -1.96. The molecule has 1 aliphatic rings. The minimum absolute atomic E-state index is 0.00720. The summed E-state index contributed by atoms with van der Waals surface area (Å²) in [6.45, 7) is 4.13. The quantitative estimate of drug-likeness (QED) is 0.889. The van der Waals surface area contributed by atoms with Crippen LogP contribution in [-0.4, -0.2) is 47.0 Å². The van der Waals surface area contributed by atoms with Crippen LogP contribution in [0.25, 0.3) is 5.65 Å². The molecule has 1 atom stereocenters. The highest BCUT2D eigenvalue weighted by molar-refractivity contribution is 7.91. The van der Waals surface area contributed by atoms with Crippen LogP contribution in [0, 0.1) is 19.8 Å². The van der Waals surface area contributed by atoms with Crippen molar-refractivity contribution in [3.8, 4) is 0 Å². The number of aromatic nitrogens is 3. The highest BCUT2D eigenvalue weighted by Gasteiger charge is 2.28. The molecule has 0 unspecified atom stereocenters. The minimum Gasteiger partial charge on any atom is -0.352 e. The fourth-order valence-electron chi connectivity index (χ4n) is 2.80. The van der Waals surface area contributed by atoms with Crippen molar-refractivity contribution in [3.63, 3.8) is 0 Å². The summed E-state index contributed by atoms with van der Waals surface area (Å²) in [6, 6.07) is 1.89. The van der Waals surface area contributed by atoms with Gasteiger partial charge in [-0.05, 0) is 32.3 Å². The molecule has 0 bridgehead atoms. The van der Waals surface area contributed by atoms with Crippen molar-refractivity contribution in [1.82, 2.24) is 19.9 Å². The van der Waals surface area contributed by atoms with E-state index >= 15 is 0 Å². The highest BCUT2D eigenvalue weighted by Crippen LogP contribution is 2.18. The van der Waals surface area contributed by atoms with Crippen molar-refractivity contribution >= 4 is 21.4 Å². The summed E-state index contributed by atoms with van der Waals surface area (Å²) in [5.74, 6) is 0.0897. The van der Waals surface area contributed by atoms with Gasteiger partial charge in [0.1, 0.15) is 5.56 Å². The molecule has 0 aliphatic carbocycles. The lowest BCUT2D eigenvalue weighted by molar-refractivity contribution is 0.0950. The number of nitrogens with one attached hydrogen (secondary N) is 1. The van der Waals surface area contributed by atoms with Gasteiger partial charge in [-0.15, -0.1) is 0 Å². The molecule has 0 radical (unpaired) electrons. The van der Waals surface area contributed by atoms with Crippen LogP contribution in [0.15, 0.2) is 12.3 Å². The zero-order chi connectivity index (χ0) is 15.9. The SMILES string of the molecule is Cc1cc(C)n2ncc(C(=O)NC[C@H]3CCS(=O)(=O)C3)c2n1. The van der Waals surface area contributed by atoms with Gasteiger partial charge < -0.3 is 5.32 Å². The third-order valence-corrected chi connectivity index (χ3v) is 5.74. The van der Waals surface area contributed by atoms with Crippen LogP contribution in [0.1, 0.15) is 28.2 Å². The van der Waals surface area contributed by atoms with E-state index in [2.05, 4.69) is 15.4 Å². The van der Waals surface area contributed by atoms with E-state index in [1.807, 2.05) is 19.9 Å². The van der Waals surface area contributed by atoms with Crippen molar-refractivity contribution in [2.24, 2.45) is 5.92 Å². The summed E-state index contributed by atoms with van der Waals surface area (Å²) >= 11 is 0. The smallest absolute Gasteiger partial charge is 0.256 e. The van der Waals surface area contributed by atoms with E-state index < -0.39 is 9.84 Å². The molecule has 1 amide bonds. The van der Waals surface area contributed by atoms with Gasteiger partial charge in [-0.1, -0.05) is 0 Å². The van der Waals surface area contributed by atoms with Crippen LogP contribution < -0.4 is 5.32 Å². The molecule has 1 saturated heterocycles. The fraction of sp³-hybridized carbons (Fsp3) is 0.500. The summed E-state index contributed by atoms with van der Waals surface area (Å²) in [4.78, 5) is 16.7. The summed E-state index contributed by atoms with van der Waals surface area (Å²) in [7, 11) is -2.92. The Morgan fingerprint density at radius 1 is 1.45 bits per heavy atom. The number of fused-ring (bicyclic) bond motifs is 1. The van der Waals surface area contributed by atoms with Gasteiger partial charge in [-0.25, -0.2) is 17.9 Å². The standard InChI is InChI=1S/C14H18N4O3S/c1-9-5-10(2)18-13(17-9)12(7-16-18)14(19)15-6-11-3-4-22(20,21)8-11/h5,7,11H,3-4,6,8H2,1-2H3,(H,15,19)/t11-/m1/s1. The molecule has 8 heteroatoms. The van der Waals surface area contributed by atoms with Crippen molar-refractivity contribution in [3.05, 3.63) is 29.2 Å². The average Bonchev–Trinajstić information content (AvgIpc) is 2.99. The van der Waals surface area contributed by atoms with E-state index in [1.54, 1.807) is 4.52 Å². The van der Waals surface area contributed by atoms with Crippen LogP contribution in [0.4, 0.5) is 0 Å². The van der Waals surface area contributed by atoms with Gasteiger partial charge in [0.2, 0.25) is 0 Å². The number of hydrogen-bond donors (Lipinski definition) is 1. The van der Waals surface area contributed by atoms with Crippen LogP contribution in [0.3, 0.4) is 0 Å². The minimum atomic E-state index is -2.92. The molecule has 118 valence electrons. The Labute approximate surface area is 128 Å². The molecule has 7 nitrogen and oxygen atoms in total. The Balaban J connectivity index is 1.76. The first kappa shape index (κ1) is 15.0. The second-order valence-corrected chi connectivity index (χ2v) is 8.04. The van der Waals surface area contributed by atoms with Crippen LogP contribution in [0.2, 0.25) is 0 Å². The maximum Gasteiger partial charge on any atom is 0.256 e. The highest BCUT2D eigenvalue weighted by atomic mass is 32.2. The Bertz CT molecular complexity index is 841. The van der Waals surface area contributed by atoms with Crippen LogP contribution >= 0.6 is 0 Å². The molecule has 2 aromatic heterocycles. The Morgan fingerprint density at radius 2 is 2.23 bits per heavy atom. The topological polar surface area (TPSA) is 93.4 Å². The number of rotatable bonds is 3. The molecular weight excluding hydrogens is 304 g/mol. The normalized spacial score (nSPS) is 20.4. The lowest BCUT2D eigenvalue weighted by Gasteiger charge is -2.09. The molecule has 2 aromatic rings. The third-order valence-electron chi connectivity index (χ3n) is 3.90. The summed E-state index contributed by atoms with van der Waals surface area (Å²) in [5, 5.41) is 6.98. The van der Waals surface area contributed by atoms with Crippen molar-refractivity contribution in [2.45, 2.75) is 20.3 Å². The monoisotopic (exact) mass is 322 g/mol. The fourth-order valence-corrected chi connectivity index (χ4v) is 4.66.